The van der Waals surface area contributed by atoms with Crippen molar-refractivity contribution in [1.29, 1.82) is 0 Å². The molecule has 0 bridgehead atoms. The van der Waals surface area contributed by atoms with Crippen LogP contribution in [0.25, 0.3) is 0 Å². The number of fused-ring (bicyclic) bond motifs is 2. The van der Waals surface area contributed by atoms with Crippen LogP contribution in [0.3, 0.4) is 0 Å². The minimum atomic E-state index is -0.817. The van der Waals surface area contributed by atoms with Crippen molar-refractivity contribution in [2.45, 2.75) is 168 Å². The second-order valence-corrected chi connectivity index (χ2v) is 21.1. The van der Waals surface area contributed by atoms with E-state index in [9.17, 15) is 33.6 Å². The van der Waals surface area contributed by atoms with Gasteiger partial charge in [-0.15, -0.1) is 0 Å². The van der Waals surface area contributed by atoms with E-state index >= 15 is 0 Å². The van der Waals surface area contributed by atoms with Gasteiger partial charge in [0.15, 0.2) is 0 Å². The number of nitrogens with zero attached hydrogens (tertiary/aromatic N) is 2. The summed E-state index contributed by atoms with van der Waals surface area (Å²) in [7, 11) is 3.37. The van der Waals surface area contributed by atoms with Gasteiger partial charge < -0.3 is 47.0 Å². The normalized spacial score (nSPS) is 22.3. The Labute approximate surface area is 396 Å². The van der Waals surface area contributed by atoms with E-state index in [-0.39, 0.29) is 53.4 Å². The van der Waals surface area contributed by atoms with E-state index in [1.54, 1.807) is 37.7 Å². The van der Waals surface area contributed by atoms with Crippen LogP contribution in [0, 0.1) is 10.8 Å². The zero-order valence-corrected chi connectivity index (χ0v) is 41.3. The molecule has 6 rings (SSSR count). The van der Waals surface area contributed by atoms with Crippen LogP contribution in [-0.4, -0.2) is 115 Å². The van der Waals surface area contributed by atoms with E-state index in [1.807, 2.05) is 77.9 Å². The van der Waals surface area contributed by atoms with Gasteiger partial charge in [-0.05, 0) is 137 Å². The topological polar surface area (TPSA) is 210 Å². The number of likely N-dealkylation sites (N-methyl/N-ethyl adjacent to an activating group) is 2. The smallest absolute Gasteiger partial charge is 0.255 e. The summed E-state index contributed by atoms with van der Waals surface area (Å²) in [5.74, 6) is -1.86. The largest absolute Gasteiger partial charge is 0.347 e. The number of hydrogen-bond acceptors (Lipinski definition) is 9. The fourth-order valence-corrected chi connectivity index (χ4v) is 10.1. The fraction of sp³-hybridized carbons (Fsp3) is 0.627. The molecule has 16 nitrogen and oxygen atoms in total. The molecule has 2 aromatic carbocycles. The third kappa shape index (κ3) is 11.5. The molecule has 0 aromatic heterocycles. The third-order valence-electron chi connectivity index (χ3n) is 14.3. The lowest BCUT2D eigenvalue weighted by atomic mass is 9.84. The Morgan fingerprint density at radius 1 is 0.582 bits per heavy atom. The van der Waals surface area contributed by atoms with Crippen molar-refractivity contribution in [1.82, 2.24) is 41.7 Å². The first kappa shape index (κ1) is 51.0. The summed E-state index contributed by atoms with van der Waals surface area (Å²) < 4.78 is 0. The molecule has 2 aliphatic carbocycles. The molecular weight excluding hydrogens is 851 g/mol. The van der Waals surface area contributed by atoms with Crippen molar-refractivity contribution in [2.24, 2.45) is 10.8 Å². The van der Waals surface area contributed by atoms with Gasteiger partial charge in [-0.3, -0.25) is 33.6 Å². The number of carbonyl (C=O) groups excluding carboxylic acids is 7. The van der Waals surface area contributed by atoms with Gasteiger partial charge in [0.2, 0.25) is 35.4 Å². The standard InChI is InChI=1S/C51H75N9O7/c1-29(52-9)43(61)57-41(50(3,4)5)48(66)59-27-15-25-39(59)46(64)55-36-22-12-17-31-32(36)18-11-21-35(31)45(63)54-37-23-13-20-34-33(37)19-14-24-38(34)56-47(65)40-26-16-28-60(40)49(67)42(51(6,7)8)58-44(62)30(2)53-10/h11,13,18,20-21,23,29-30,36,38-42,52-53H,12,14-17,19,22,24-28H2,1-10H3,(H,54,63)(H,55,64)(H,56,65)(H,57,61)(H,58,62)/t29?,30?,36-,38-,39+,40+,41?,42?/m1/s1. The Morgan fingerprint density at radius 3 is 1.46 bits per heavy atom. The zero-order chi connectivity index (χ0) is 49.0. The van der Waals surface area contributed by atoms with Crippen LogP contribution in [0.4, 0.5) is 5.69 Å². The van der Waals surface area contributed by atoms with E-state index in [0.29, 0.717) is 75.7 Å². The first-order valence-electron chi connectivity index (χ1n) is 24.4. The number of nitrogens with one attached hydrogen (secondary N) is 7. The molecule has 0 spiro atoms. The van der Waals surface area contributed by atoms with E-state index in [4.69, 9.17) is 0 Å². The Morgan fingerprint density at radius 2 is 1.01 bits per heavy atom. The quantitative estimate of drug-likeness (QED) is 0.145. The first-order valence-corrected chi connectivity index (χ1v) is 24.4. The summed E-state index contributed by atoms with van der Waals surface area (Å²) in [5.41, 5.74) is 3.66. The van der Waals surface area contributed by atoms with Crippen LogP contribution in [0.15, 0.2) is 36.4 Å². The Kier molecular flexibility index (Phi) is 16.2. The third-order valence-corrected chi connectivity index (χ3v) is 14.3. The van der Waals surface area contributed by atoms with E-state index in [2.05, 4.69) is 37.2 Å². The highest BCUT2D eigenvalue weighted by Gasteiger charge is 2.45. The van der Waals surface area contributed by atoms with E-state index < -0.39 is 47.1 Å². The van der Waals surface area contributed by atoms with Gasteiger partial charge in [-0.25, -0.2) is 0 Å². The molecule has 0 radical (unpaired) electrons. The molecule has 366 valence electrons. The van der Waals surface area contributed by atoms with Gasteiger partial charge in [0, 0.05) is 24.3 Å². The Bertz CT molecular complexity index is 2200. The van der Waals surface area contributed by atoms with E-state index in [1.165, 1.54) is 0 Å². The molecule has 7 N–H and O–H groups in total. The lowest BCUT2D eigenvalue weighted by Crippen LogP contribution is -2.59. The summed E-state index contributed by atoms with van der Waals surface area (Å²) in [6.07, 6.45) is 6.67. The van der Waals surface area contributed by atoms with Crippen LogP contribution in [0.1, 0.15) is 151 Å². The lowest BCUT2D eigenvalue weighted by molar-refractivity contribution is -0.144. The molecular formula is C51H75N9O7. The van der Waals surface area contributed by atoms with Gasteiger partial charge in [-0.2, -0.15) is 0 Å². The zero-order valence-electron chi connectivity index (χ0n) is 41.3. The molecule has 67 heavy (non-hydrogen) atoms. The molecule has 2 aromatic rings. The van der Waals surface area contributed by atoms with Crippen LogP contribution in [0.2, 0.25) is 0 Å². The molecule has 4 aliphatic rings. The van der Waals surface area contributed by atoms with Crippen molar-refractivity contribution in [3.05, 3.63) is 64.2 Å². The van der Waals surface area contributed by atoms with Crippen molar-refractivity contribution < 1.29 is 33.6 Å². The predicted molar refractivity (Wildman–Crippen MR) is 258 cm³/mol. The minimum Gasteiger partial charge on any atom is -0.347 e. The number of likely N-dealkylation sites (tertiary alicyclic amines) is 2. The first-order chi connectivity index (χ1) is 31.7. The summed E-state index contributed by atoms with van der Waals surface area (Å²) in [5, 5.41) is 21.4. The van der Waals surface area contributed by atoms with Gasteiger partial charge in [0.05, 0.1) is 24.2 Å². The average molecular weight is 926 g/mol. The number of benzene rings is 2. The van der Waals surface area contributed by atoms with Crippen LogP contribution in [-0.2, 0) is 41.6 Å². The molecule has 4 unspecified atom stereocenters. The SMILES string of the molecule is CNC(C)C(=O)NC(C(=O)N1CCC[C@H]1C(=O)N[C@@H]1CCCc2c(NC(=O)c3cccc4c3CCC[C@H]4NC(=O)[C@@H]3CCCN3C(=O)C(NC(=O)C(C)NC)C(C)(C)C)cccc21)C(C)(C)C. The lowest BCUT2D eigenvalue weighted by Gasteiger charge is -2.36. The maximum Gasteiger partial charge on any atom is 0.255 e. The van der Waals surface area contributed by atoms with Crippen molar-refractivity contribution in [3.8, 4) is 0 Å². The maximum atomic E-state index is 14.3. The number of amides is 7. The second kappa shape index (κ2) is 21.3. The van der Waals surface area contributed by atoms with Crippen LogP contribution < -0.4 is 37.2 Å². The Hall–Kier alpha value is -5.35. The average Bonchev–Trinajstić information content (AvgIpc) is 4.00. The number of anilines is 1. The van der Waals surface area contributed by atoms with E-state index in [0.717, 1.165) is 35.1 Å². The molecule has 7 amide bonds. The highest BCUT2D eigenvalue weighted by molar-refractivity contribution is 6.06. The molecule has 2 fully saturated rings. The van der Waals surface area contributed by atoms with Gasteiger partial charge in [0.25, 0.3) is 5.91 Å². The second-order valence-electron chi connectivity index (χ2n) is 21.1. The monoisotopic (exact) mass is 926 g/mol. The number of carbonyl (C=O) groups is 7. The van der Waals surface area contributed by atoms with Crippen LogP contribution >= 0.6 is 0 Å². The minimum absolute atomic E-state index is 0.233. The maximum absolute atomic E-state index is 14.3. The fourth-order valence-electron chi connectivity index (χ4n) is 10.1. The number of rotatable bonds is 14. The molecule has 2 saturated heterocycles. The summed E-state index contributed by atoms with van der Waals surface area (Å²) in [4.78, 5) is 99.6. The predicted octanol–water partition coefficient (Wildman–Crippen LogP) is 4.19. The molecule has 2 aliphatic heterocycles. The molecule has 8 atom stereocenters. The van der Waals surface area contributed by atoms with Crippen molar-refractivity contribution in [2.75, 3.05) is 32.5 Å². The van der Waals surface area contributed by atoms with Crippen LogP contribution in [0.5, 0.6) is 0 Å². The van der Waals surface area contributed by atoms with Crippen molar-refractivity contribution in [3.63, 3.8) is 0 Å². The summed E-state index contributed by atoms with van der Waals surface area (Å²) >= 11 is 0. The van der Waals surface area contributed by atoms with Gasteiger partial charge in [-0.1, -0.05) is 65.8 Å². The van der Waals surface area contributed by atoms with Crippen molar-refractivity contribution >= 4 is 47.0 Å². The number of hydrogen-bond donors (Lipinski definition) is 7. The summed E-state index contributed by atoms with van der Waals surface area (Å²) in [6, 6.07) is 6.75. The Balaban J connectivity index is 1.14. The van der Waals surface area contributed by atoms with Gasteiger partial charge >= 0.3 is 0 Å². The molecule has 2 heterocycles. The summed E-state index contributed by atoms with van der Waals surface area (Å²) in [6.45, 7) is 15.7. The highest BCUT2D eigenvalue weighted by Crippen LogP contribution is 2.37. The highest BCUT2D eigenvalue weighted by atomic mass is 16.2. The van der Waals surface area contributed by atoms with Gasteiger partial charge in [0.1, 0.15) is 24.2 Å². The molecule has 16 heteroatoms. The molecule has 0 saturated carbocycles.